The Morgan fingerprint density at radius 3 is 2.58 bits per heavy atom. The molecule has 1 heterocycles. The van der Waals surface area contributed by atoms with Crippen molar-refractivity contribution < 1.29 is 13.2 Å². The van der Waals surface area contributed by atoms with Gasteiger partial charge in [0.2, 0.25) is 0 Å². The first-order valence-corrected chi connectivity index (χ1v) is 5.87. The smallest absolute Gasteiger partial charge is 0.256 e. The first-order chi connectivity index (χ1) is 9.04. The third-order valence-electron chi connectivity index (χ3n) is 3.17. The second kappa shape index (κ2) is 4.23. The Kier molecular flexibility index (Phi) is 2.66. The van der Waals surface area contributed by atoms with Gasteiger partial charge in [-0.3, -0.25) is 4.98 Å². The quantitative estimate of drug-likeness (QED) is 0.744. The number of hydrogen-bond donors (Lipinski definition) is 0. The van der Waals surface area contributed by atoms with Gasteiger partial charge in [-0.05, 0) is 35.7 Å². The zero-order valence-corrected chi connectivity index (χ0v) is 9.91. The van der Waals surface area contributed by atoms with Gasteiger partial charge in [0.25, 0.3) is 0 Å². The lowest BCUT2D eigenvalue weighted by Gasteiger charge is -2.08. The molecule has 3 rings (SSSR count). The molecule has 1 aliphatic rings. The highest BCUT2D eigenvalue weighted by atomic mass is 19.4. The summed E-state index contributed by atoms with van der Waals surface area (Å²) in [5, 5.41) is 0. The van der Waals surface area contributed by atoms with Crippen molar-refractivity contribution in [2.24, 2.45) is 0 Å². The second-order valence-corrected chi connectivity index (χ2v) is 4.45. The summed E-state index contributed by atoms with van der Waals surface area (Å²) in [4.78, 5) is 3.90. The zero-order chi connectivity index (χ0) is 13.5. The SMILES string of the molecule is FC(F)(F)c1ccc(-c2ccc3c(c2)C=CC3)nc1. The molecule has 4 heteroatoms. The molecular formula is C15H10F3N. The molecule has 2 aromatic rings. The first kappa shape index (κ1) is 12.0. The van der Waals surface area contributed by atoms with Gasteiger partial charge in [0.15, 0.2) is 0 Å². The molecule has 0 amide bonds. The van der Waals surface area contributed by atoms with E-state index in [1.54, 1.807) is 0 Å². The molecule has 0 aliphatic heterocycles. The van der Waals surface area contributed by atoms with E-state index < -0.39 is 11.7 Å². The molecule has 96 valence electrons. The summed E-state index contributed by atoms with van der Waals surface area (Å²) >= 11 is 0. The minimum Gasteiger partial charge on any atom is -0.256 e. The molecule has 19 heavy (non-hydrogen) atoms. The number of fused-ring (bicyclic) bond motifs is 1. The van der Waals surface area contributed by atoms with Crippen LogP contribution < -0.4 is 0 Å². The number of halogens is 3. The average Bonchev–Trinajstić information content (AvgIpc) is 2.85. The van der Waals surface area contributed by atoms with Crippen molar-refractivity contribution in [3.63, 3.8) is 0 Å². The predicted octanol–water partition coefficient (Wildman–Crippen LogP) is 4.34. The van der Waals surface area contributed by atoms with Crippen molar-refractivity contribution in [2.75, 3.05) is 0 Å². The Morgan fingerprint density at radius 1 is 1.05 bits per heavy atom. The topological polar surface area (TPSA) is 12.9 Å². The molecule has 0 N–H and O–H groups in total. The molecule has 0 fully saturated rings. The summed E-state index contributed by atoms with van der Waals surface area (Å²) in [6.07, 6.45) is 1.53. The summed E-state index contributed by atoms with van der Waals surface area (Å²) in [6, 6.07) is 8.30. The van der Waals surface area contributed by atoms with Crippen LogP contribution in [0.15, 0.2) is 42.6 Å². The van der Waals surface area contributed by atoms with Crippen molar-refractivity contribution in [3.05, 3.63) is 59.3 Å². The molecule has 0 bridgehead atoms. The van der Waals surface area contributed by atoms with E-state index in [1.807, 2.05) is 24.3 Å². The third-order valence-corrected chi connectivity index (χ3v) is 3.17. The second-order valence-electron chi connectivity index (χ2n) is 4.45. The van der Waals surface area contributed by atoms with E-state index in [0.29, 0.717) is 5.69 Å². The van der Waals surface area contributed by atoms with E-state index in [2.05, 4.69) is 11.1 Å². The molecular weight excluding hydrogens is 251 g/mol. The molecule has 0 saturated carbocycles. The number of alkyl halides is 3. The van der Waals surface area contributed by atoms with Gasteiger partial charge >= 0.3 is 6.18 Å². The monoisotopic (exact) mass is 261 g/mol. The average molecular weight is 261 g/mol. The van der Waals surface area contributed by atoms with Crippen LogP contribution in [0.4, 0.5) is 13.2 Å². The summed E-state index contributed by atoms with van der Waals surface area (Å²) in [6.45, 7) is 0. The highest BCUT2D eigenvalue weighted by Gasteiger charge is 2.30. The minimum atomic E-state index is -4.34. The Morgan fingerprint density at radius 2 is 1.89 bits per heavy atom. The number of allylic oxidation sites excluding steroid dienone is 1. The van der Waals surface area contributed by atoms with Gasteiger partial charge in [0.05, 0.1) is 11.3 Å². The van der Waals surface area contributed by atoms with Gasteiger partial charge in [-0.25, -0.2) is 0 Å². The van der Waals surface area contributed by atoms with Crippen molar-refractivity contribution in [2.45, 2.75) is 12.6 Å². The third kappa shape index (κ3) is 2.26. The van der Waals surface area contributed by atoms with Gasteiger partial charge in [-0.1, -0.05) is 24.3 Å². The van der Waals surface area contributed by atoms with E-state index in [1.165, 1.54) is 11.6 Å². The van der Waals surface area contributed by atoms with Crippen molar-refractivity contribution in [3.8, 4) is 11.3 Å². The lowest BCUT2D eigenvalue weighted by Crippen LogP contribution is -2.05. The molecule has 0 saturated heterocycles. The van der Waals surface area contributed by atoms with Crippen LogP contribution >= 0.6 is 0 Å². The van der Waals surface area contributed by atoms with Gasteiger partial charge in [0, 0.05) is 11.8 Å². The van der Waals surface area contributed by atoms with Gasteiger partial charge < -0.3 is 0 Å². The molecule has 1 aliphatic carbocycles. The zero-order valence-electron chi connectivity index (χ0n) is 9.91. The molecule has 1 nitrogen and oxygen atoms in total. The molecule has 0 spiro atoms. The fourth-order valence-electron chi connectivity index (χ4n) is 2.14. The van der Waals surface area contributed by atoms with Crippen molar-refractivity contribution in [1.82, 2.24) is 4.98 Å². The van der Waals surface area contributed by atoms with Crippen LogP contribution in [0.2, 0.25) is 0 Å². The Labute approximate surface area is 108 Å². The van der Waals surface area contributed by atoms with Gasteiger partial charge in [0.1, 0.15) is 0 Å². The highest BCUT2D eigenvalue weighted by Crippen LogP contribution is 2.30. The van der Waals surface area contributed by atoms with E-state index in [9.17, 15) is 13.2 Å². The van der Waals surface area contributed by atoms with E-state index in [4.69, 9.17) is 0 Å². The van der Waals surface area contributed by atoms with E-state index in [-0.39, 0.29) is 0 Å². The van der Waals surface area contributed by atoms with E-state index in [0.717, 1.165) is 29.8 Å². The molecule has 0 atom stereocenters. The Hall–Kier alpha value is -2.10. The lowest BCUT2D eigenvalue weighted by atomic mass is 10.0. The fourth-order valence-corrected chi connectivity index (χ4v) is 2.14. The Bertz CT molecular complexity index is 639. The van der Waals surface area contributed by atoms with Crippen LogP contribution in [0, 0.1) is 0 Å². The largest absolute Gasteiger partial charge is 0.417 e. The van der Waals surface area contributed by atoms with Crippen LogP contribution in [0.1, 0.15) is 16.7 Å². The maximum absolute atomic E-state index is 12.5. The molecule has 1 aromatic carbocycles. The fraction of sp³-hybridized carbons (Fsp3) is 0.133. The molecule has 0 radical (unpaired) electrons. The summed E-state index contributed by atoms with van der Waals surface area (Å²) in [7, 11) is 0. The number of nitrogens with zero attached hydrogens (tertiary/aromatic N) is 1. The number of hydrogen-bond acceptors (Lipinski definition) is 1. The van der Waals surface area contributed by atoms with Crippen molar-refractivity contribution >= 4 is 6.08 Å². The maximum Gasteiger partial charge on any atom is 0.417 e. The maximum atomic E-state index is 12.5. The number of pyridine rings is 1. The number of aromatic nitrogens is 1. The van der Waals surface area contributed by atoms with Gasteiger partial charge in [-0.2, -0.15) is 13.2 Å². The predicted molar refractivity (Wildman–Crippen MR) is 67.4 cm³/mol. The lowest BCUT2D eigenvalue weighted by molar-refractivity contribution is -0.137. The van der Waals surface area contributed by atoms with Crippen LogP contribution in [0.3, 0.4) is 0 Å². The summed E-state index contributed by atoms with van der Waals surface area (Å²) in [5.74, 6) is 0. The van der Waals surface area contributed by atoms with Crippen LogP contribution in [-0.2, 0) is 12.6 Å². The first-order valence-electron chi connectivity index (χ1n) is 5.87. The highest BCUT2D eigenvalue weighted by molar-refractivity contribution is 5.69. The van der Waals surface area contributed by atoms with Crippen LogP contribution in [-0.4, -0.2) is 4.98 Å². The standard InChI is InChI=1S/C15H10F3N/c16-15(17,18)13-6-7-14(19-9-13)12-5-4-10-2-1-3-11(10)8-12/h1,3-9H,2H2. The van der Waals surface area contributed by atoms with Gasteiger partial charge in [-0.15, -0.1) is 0 Å². The normalized spacial score (nSPS) is 13.6. The van der Waals surface area contributed by atoms with Crippen LogP contribution in [0.5, 0.6) is 0 Å². The summed E-state index contributed by atoms with van der Waals surface area (Å²) < 4.78 is 37.4. The van der Waals surface area contributed by atoms with E-state index >= 15 is 0 Å². The molecule has 0 unspecified atom stereocenters. The Balaban J connectivity index is 1.96. The molecule has 1 aromatic heterocycles. The van der Waals surface area contributed by atoms with Crippen molar-refractivity contribution in [1.29, 1.82) is 0 Å². The number of rotatable bonds is 1. The summed E-state index contributed by atoms with van der Waals surface area (Å²) in [5.41, 5.74) is 3.00. The number of benzene rings is 1. The minimum absolute atomic E-state index is 0.552. The van der Waals surface area contributed by atoms with Crippen LogP contribution in [0.25, 0.3) is 17.3 Å².